The Bertz CT molecular complexity index is 760. The van der Waals surface area contributed by atoms with E-state index in [4.69, 9.17) is 23.2 Å². The summed E-state index contributed by atoms with van der Waals surface area (Å²) < 4.78 is 1.89. The number of aromatic nitrogens is 3. The molecule has 0 saturated heterocycles. The topological polar surface area (TPSA) is 75.3 Å². The molecular weight excluding hydrogens is 381 g/mol. The number of nitrogens with one attached hydrogen (secondary N) is 1. The molecule has 0 fully saturated rings. The number of benzene rings is 1. The van der Waals surface area contributed by atoms with Gasteiger partial charge in [-0.15, -0.1) is 5.10 Å². The quantitative estimate of drug-likeness (QED) is 0.829. The molecule has 3 rings (SSSR count). The highest BCUT2D eigenvalue weighted by atomic mass is 79.9. The molecule has 1 aromatic heterocycles. The minimum atomic E-state index is -1.61. The molecule has 1 aliphatic rings. The van der Waals surface area contributed by atoms with E-state index in [-0.39, 0.29) is 5.15 Å². The van der Waals surface area contributed by atoms with Crippen LogP contribution in [0.5, 0.6) is 0 Å². The van der Waals surface area contributed by atoms with Crippen molar-refractivity contribution in [2.75, 3.05) is 0 Å². The van der Waals surface area contributed by atoms with Gasteiger partial charge in [-0.25, -0.2) is 9.67 Å². The second-order valence-corrected chi connectivity index (χ2v) is 5.91. The molecule has 6 nitrogen and oxygen atoms in total. The number of rotatable bonds is 2. The summed E-state index contributed by atoms with van der Waals surface area (Å²) in [4.78, 5) is 4.10. The normalized spacial score (nSPS) is 21.0. The van der Waals surface area contributed by atoms with E-state index in [1.807, 2.05) is 0 Å². The third kappa shape index (κ3) is 2.57. The maximum atomic E-state index is 10.9. The van der Waals surface area contributed by atoms with Crippen molar-refractivity contribution in [3.05, 3.63) is 50.8 Å². The van der Waals surface area contributed by atoms with Crippen LogP contribution in [-0.4, -0.2) is 26.4 Å². The molecule has 2 N–H and O–H groups in total. The first kappa shape index (κ1) is 14.5. The molecule has 21 heavy (non-hydrogen) atoms. The molecule has 0 amide bonds. The van der Waals surface area contributed by atoms with Gasteiger partial charge in [0, 0.05) is 16.8 Å². The average molecular weight is 389 g/mol. The summed E-state index contributed by atoms with van der Waals surface area (Å²) in [5, 5.41) is 22.0. The smallest absolute Gasteiger partial charge is 0.220 e. The summed E-state index contributed by atoms with van der Waals surface area (Å²) in [7, 11) is 0. The number of halogens is 3. The van der Waals surface area contributed by atoms with Gasteiger partial charge >= 0.3 is 0 Å². The molecule has 0 radical (unpaired) electrons. The zero-order chi connectivity index (χ0) is 15.0. The summed E-state index contributed by atoms with van der Waals surface area (Å²) in [6.45, 7) is 0. The lowest BCUT2D eigenvalue weighted by atomic mass is 10.0. The van der Waals surface area contributed by atoms with Gasteiger partial charge in [-0.1, -0.05) is 28.4 Å². The molecule has 1 aliphatic heterocycles. The van der Waals surface area contributed by atoms with Crippen LogP contribution in [0.15, 0.2) is 40.1 Å². The van der Waals surface area contributed by atoms with Gasteiger partial charge in [0.2, 0.25) is 5.72 Å². The number of hydrogen-bond acceptors (Lipinski definition) is 5. The van der Waals surface area contributed by atoms with Gasteiger partial charge in [-0.05, 0) is 34.1 Å². The Kier molecular flexibility index (Phi) is 3.75. The SMILES string of the molecule is OC1(c2cc(Cl)ccc2-n2cc(Cl)nn2)N=CNC=C1Br. The van der Waals surface area contributed by atoms with E-state index in [9.17, 15) is 5.11 Å². The maximum absolute atomic E-state index is 10.9. The van der Waals surface area contributed by atoms with E-state index in [1.165, 1.54) is 17.2 Å². The van der Waals surface area contributed by atoms with Gasteiger partial charge in [0.25, 0.3) is 0 Å². The Labute approximate surface area is 138 Å². The van der Waals surface area contributed by atoms with Gasteiger partial charge in [0.05, 0.1) is 22.7 Å². The highest BCUT2D eigenvalue weighted by molar-refractivity contribution is 9.11. The van der Waals surface area contributed by atoms with Crippen LogP contribution in [0.2, 0.25) is 10.2 Å². The summed E-state index contributed by atoms with van der Waals surface area (Å²) in [5.41, 5.74) is -0.604. The molecule has 2 heterocycles. The highest BCUT2D eigenvalue weighted by Gasteiger charge is 2.36. The molecule has 1 aromatic carbocycles. The van der Waals surface area contributed by atoms with Crippen molar-refractivity contribution < 1.29 is 5.11 Å². The van der Waals surface area contributed by atoms with Gasteiger partial charge < -0.3 is 10.4 Å². The maximum Gasteiger partial charge on any atom is 0.220 e. The van der Waals surface area contributed by atoms with Crippen LogP contribution in [0.1, 0.15) is 5.56 Å². The van der Waals surface area contributed by atoms with Gasteiger partial charge in [-0.2, -0.15) is 0 Å². The van der Waals surface area contributed by atoms with Crippen LogP contribution in [0, 0.1) is 0 Å². The summed E-state index contributed by atoms with van der Waals surface area (Å²) >= 11 is 15.2. The monoisotopic (exact) mass is 387 g/mol. The van der Waals surface area contributed by atoms with Gasteiger partial charge in [0.1, 0.15) is 0 Å². The highest BCUT2D eigenvalue weighted by Crippen LogP contribution is 2.39. The van der Waals surface area contributed by atoms with E-state index in [0.717, 1.165) is 0 Å². The van der Waals surface area contributed by atoms with Crippen molar-refractivity contribution in [1.82, 2.24) is 20.3 Å². The minimum absolute atomic E-state index is 0.242. The van der Waals surface area contributed by atoms with Crippen molar-refractivity contribution in [3.63, 3.8) is 0 Å². The Morgan fingerprint density at radius 1 is 1.33 bits per heavy atom. The molecule has 0 bridgehead atoms. The van der Waals surface area contributed by atoms with E-state index in [2.05, 4.69) is 36.6 Å². The van der Waals surface area contributed by atoms with Crippen molar-refractivity contribution in [2.24, 2.45) is 4.99 Å². The van der Waals surface area contributed by atoms with Gasteiger partial charge in [0.15, 0.2) is 5.15 Å². The van der Waals surface area contributed by atoms with Crippen LogP contribution in [-0.2, 0) is 5.72 Å². The lowest BCUT2D eigenvalue weighted by molar-refractivity contribution is 0.0948. The van der Waals surface area contributed by atoms with E-state index in [0.29, 0.717) is 20.8 Å². The lowest BCUT2D eigenvalue weighted by Crippen LogP contribution is -2.31. The van der Waals surface area contributed by atoms with Crippen molar-refractivity contribution in [3.8, 4) is 5.69 Å². The Morgan fingerprint density at radius 2 is 2.14 bits per heavy atom. The van der Waals surface area contributed by atoms with Gasteiger partial charge in [-0.3, -0.25) is 0 Å². The minimum Gasteiger partial charge on any atom is -0.361 e. The standard InChI is InChI=1S/C12H8BrCl2N5O/c13-10-4-16-6-17-12(10,21)8-3-7(14)1-2-9(8)20-5-11(15)18-19-20/h1-6,21H,(H,16,17). The predicted octanol–water partition coefficient (Wildman–Crippen LogP) is 2.59. The third-order valence-corrected chi connectivity index (χ3v) is 4.11. The molecule has 0 saturated carbocycles. The molecule has 1 unspecified atom stereocenters. The third-order valence-electron chi connectivity index (χ3n) is 2.92. The van der Waals surface area contributed by atoms with Crippen molar-refractivity contribution in [2.45, 2.75) is 5.72 Å². The number of hydrogen-bond donors (Lipinski definition) is 2. The number of aliphatic imine (C=N–C) groups is 1. The van der Waals surface area contributed by atoms with E-state index < -0.39 is 5.72 Å². The zero-order valence-corrected chi connectivity index (χ0v) is 13.4. The number of nitrogens with zero attached hydrogens (tertiary/aromatic N) is 4. The van der Waals surface area contributed by atoms with E-state index >= 15 is 0 Å². The first-order valence-corrected chi connectivity index (χ1v) is 7.32. The van der Waals surface area contributed by atoms with Crippen LogP contribution in [0.3, 0.4) is 0 Å². The molecule has 0 spiro atoms. The molecule has 9 heteroatoms. The van der Waals surface area contributed by atoms with Crippen LogP contribution < -0.4 is 5.32 Å². The van der Waals surface area contributed by atoms with Crippen LogP contribution in [0.4, 0.5) is 0 Å². The Hall–Kier alpha value is -1.41. The summed E-state index contributed by atoms with van der Waals surface area (Å²) in [5.74, 6) is 0. The van der Waals surface area contributed by atoms with Crippen LogP contribution in [0.25, 0.3) is 5.69 Å². The summed E-state index contributed by atoms with van der Waals surface area (Å²) in [6, 6.07) is 5.00. The van der Waals surface area contributed by atoms with E-state index in [1.54, 1.807) is 24.4 Å². The second-order valence-electron chi connectivity index (χ2n) is 4.24. The Balaban J connectivity index is 2.22. The molecule has 2 aromatic rings. The molecular formula is C12H8BrCl2N5O. The fraction of sp³-hybridized carbons (Fsp3) is 0.0833. The summed E-state index contributed by atoms with van der Waals surface area (Å²) in [6.07, 6.45) is 4.51. The first-order valence-electron chi connectivity index (χ1n) is 5.77. The average Bonchev–Trinajstić information content (AvgIpc) is 2.88. The first-order chi connectivity index (χ1) is 10.0. The fourth-order valence-electron chi connectivity index (χ4n) is 1.95. The largest absolute Gasteiger partial charge is 0.361 e. The second kappa shape index (κ2) is 5.42. The lowest BCUT2D eigenvalue weighted by Gasteiger charge is -2.28. The van der Waals surface area contributed by atoms with Crippen LogP contribution >= 0.6 is 39.1 Å². The number of aliphatic hydroxyl groups is 1. The molecule has 108 valence electrons. The molecule has 1 atom stereocenters. The zero-order valence-electron chi connectivity index (χ0n) is 10.3. The fourth-order valence-corrected chi connectivity index (χ4v) is 2.70. The van der Waals surface area contributed by atoms with Crippen molar-refractivity contribution in [1.29, 1.82) is 0 Å². The Morgan fingerprint density at radius 3 is 2.81 bits per heavy atom. The molecule has 0 aliphatic carbocycles. The predicted molar refractivity (Wildman–Crippen MR) is 83.9 cm³/mol. The van der Waals surface area contributed by atoms with Crippen molar-refractivity contribution >= 4 is 45.5 Å².